The van der Waals surface area contributed by atoms with Gasteiger partial charge in [-0.3, -0.25) is 4.79 Å². The highest BCUT2D eigenvalue weighted by Gasteiger charge is 2.25. The van der Waals surface area contributed by atoms with Crippen LogP contribution in [0.2, 0.25) is 0 Å². The van der Waals surface area contributed by atoms with Gasteiger partial charge in [-0.25, -0.2) is 4.79 Å². The summed E-state index contributed by atoms with van der Waals surface area (Å²) in [4.78, 5) is 21.9. The Bertz CT molecular complexity index is 339. The first kappa shape index (κ1) is 14.3. The molecule has 0 atom stereocenters. The zero-order chi connectivity index (χ0) is 13.5. The first-order valence-electron chi connectivity index (χ1n) is 5.89. The van der Waals surface area contributed by atoms with E-state index in [2.05, 4.69) is 13.2 Å². The van der Waals surface area contributed by atoms with Crippen molar-refractivity contribution in [2.45, 2.75) is 44.3 Å². The molecule has 1 aliphatic rings. The summed E-state index contributed by atoms with van der Waals surface area (Å²) in [5.41, 5.74) is -0.0213. The maximum absolute atomic E-state index is 11.5. The van der Waals surface area contributed by atoms with E-state index in [0.29, 0.717) is 12.8 Å². The Hall–Kier alpha value is -1.78. The molecular formula is C13H18O5. The third-order valence-electron chi connectivity index (χ3n) is 2.84. The van der Waals surface area contributed by atoms with E-state index in [1.165, 1.54) is 6.26 Å². The zero-order valence-electron chi connectivity index (χ0n) is 10.3. The number of carbonyl (C=O) groups is 2. The minimum atomic E-state index is -1.08. The van der Waals surface area contributed by atoms with Gasteiger partial charge in [-0.05, 0) is 25.7 Å². The van der Waals surface area contributed by atoms with Crippen LogP contribution in [0.1, 0.15) is 32.1 Å². The lowest BCUT2D eigenvalue weighted by molar-refractivity contribution is -0.148. The van der Waals surface area contributed by atoms with Crippen LogP contribution in [0.15, 0.2) is 25.0 Å². The van der Waals surface area contributed by atoms with Crippen molar-refractivity contribution in [2.75, 3.05) is 0 Å². The molecule has 1 N–H and O–H groups in total. The largest absolute Gasteiger partial charge is 0.499 e. The summed E-state index contributed by atoms with van der Waals surface area (Å²) in [5, 5.41) is 8.54. The molecule has 0 unspecified atom stereocenters. The van der Waals surface area contributed by atoms with Gasteiger partial charge in [0.15, 0.2) is 0 Å². The SMILES string of the molecule is C=COC1CCC(OC(=O)C(=C)CC(=O)O)CC1. The number of hydrogen-bond donors (Lipinski definition) is 1. The summed E-state index contributed by atoms with van der Waals surface area (Å²) in [6.45, 7) is 6.91. The lowest BCUT2D eigenvalue weighted by Crippen LogP contribution is -2.28. The Kier molecular flexibility index (Phi) is 5.42. The van der Waals surface area contributed by atoms with Crippen molar-refractivity contribution in [1.82, 2.24) is 0 Å². The van der Waals surface area contributed by atoms with E-state index < -0.39 is 11.9 Å². The first-order chi connectivity index (χ1) is 8.52. The van der Waals surface area contributed by atoms with E-state index in [4.69, 9.17) is 14.6 Å². The normalized spacial score (nSPS) is 22.9. The number of ether oxygens (including phenoxy) is 2. The molecule has 0 radical (unpaired) electrons. The quantitative estimate of drug-likeness (QED) is 0.446. The van der Waals surface area contributed by atoms with E-state index in [9.17, 15) is 9.59 Å². The Morgan fingerprint density at radius 1 is 1.22 bits per heavy atom. The van der Waals surface area contributed by atoms with Gasteiger partial charge in [0, 0.05) is 5.57 Å². The lowest BCUT2D eigenvalue weighted by atomic mass is 9.95. The molecule has 0 spiro atoms. The van der Waals surface area contributed by atoms with Crippen LogP contribution in [0.5, 0.6) is 0 Å². The average Bonchev–Trinajstić information content (AvgIpc) is 2.31. The molecule has 5 heteroatoms. The predicted molar refractivity (Wildman–Crippen MR) is 64.8 cm³/mol. The van der Waals surface area contributed by atoms with Crippen molar-refractivity contribution in [1.29, 1.82) is 0 Å². The standard InChI is InChI=1S/C13H18O5/c1-3-17-10-4-6-11(7-5-10)18-13(16)9(2)8-12(14)15/h3,10-11H,1-2,4-8H2,(H,14,15). The van der Waals surface area contributed by atoms with Gasteiger partial charge >= 0.3 is 11.9 Å². The molecule has 0 bridgehead atoms. The maximum Gasteiger partial charge on any atom is 0.334 e. The fourth-order valence-electron chi connectivity index (χ4n) is 1.91. The molecule has 0 aliphatic heterocycles. The fraction of sp³-hybridized carbons (Fsp3) is 0.538. The van der Waals surface area contributed by atoms with E-state index in [-0.39, 0.29) is 24.2 Å². The van der Waals surface area contributed by atoms with Crippen LogP contribution in [-0.4, -0.2) is 29.3 Å². The van der Waals surface area contributed by atoms with Gasteiger partial charge in [0.25, 0.3) is 0 Å². The van der Waals surface area contributed by atoms with Gasteiger partial charge in [0.2, 0.25) is 0 Å². The number of carboxylic acids is 1. The smallest absolute Gasteiger partial charge is 0.334 e. The van der Waals surface area contributed by atoms with E-state index in [1.54, 1.807) is 0 Å². The van der Waals surface area contributed by atoms with Crippen molar-refractivity contribution in [2.24, 2.45) is 0 Å². The molecule has 0 aromatic heterocycles. The monoisotopic (exact) mass is 254 g/mol. The first-order valence-corrected chi connectivity index (χ1v) is 5.89. The van der Waals surface area contributed by atoms with Crippen LogP contribution in [0.4, 0.5) is 0 Å². The third-order valence-corrected chi connectivity index (χ3v) is 2.84. The molecule has 5 nitrogen and oxygen atoms in total. The highest BCUT2D eigenvalue weighted by Crippen LogP contribution is 2.24. The van der Waals surface area contributed by atoms with Crippen LogP contribution < -0.4 is 0 Å². The Balaban J connectivity index is 2.32. The molecule has 1 aliphatic carbocycles. The summed E-state index contributed by atoms with van der Waals surface area (Å²) in [6, 6.07) is 0. The second-order valence-electron chi connectivity index (χ2n) is 4.28. The van der Waals surface area contributed by atoms with Crippen molar-refractivity contribution in [3.63, 3.8) is 0 Å². The molecule has 0 heterocycles. The summed E-state index contributed by atoms with van der Waals surface area (Å²) in [6.07, 6.45) is 4.03. The van der Waals surface area contributed by atoms with Gasteiger partial charge < -0.3 is 14.6 Å². The number of aliphatic carboxylic acids is 1. The summed E-state index contributed by atoms with van der Waals surface area (Å²) >= 11 is 0. The summed E-state index contributed by atoms with van der Waals surface area (Å²) < 4.78 is 10.5. The number of rotatable bonds is 6. The van der Waals surface area contributed by atoms with Crippen LogP contribution >= 0.6 is 0 Å². The average molecular weight is 254 g/mol. The Labute approximate surface area is 106 Å². The highest BCUT2D eigenvalue weighted by molar-refractivity contribution is 5.92. The van der Waals surface area contributed by atoms with Gasteiger partial charge in [-0.15, -0.1) is 0 Å². The summed E-state index contributed by atoms with van der Waals surface area (Å²) in [7, 11) is 0. The number of hydrogen-bond acceptors (Lipinski definition) is 4. The lowest BCUT2D eigenvalue weighted by Gasteiger charge is -2.27. The molecular weight excluding hydrogens is 236 g/mol. The zero-order valence-corrected chi connectivity index (χ0v) is 10.3. The van der Waals surface area contributed by atoms with E-state index >= 15 is 0 Å². The third kappa shape index (κ3) is 4.61. The Morgan fingerprint density at radius 2 is 1.78 bits per heavy atom. The molecule has 18 heavy (non-hydrogen) atoms. The van der Waals surface area contributed by atoms with Crippen molar-refractivity contribution >= 4 is 11.9 Å². The van der Waals surface area contributed by atoms with Crippen LogP contribution in [-0.2, 0) is 19.1 Å². The fourth-order valence-corrected chi connectivity index (χ4v) is 1.91. The van der Waals surface area contributed by atoms with Gasteiger partial charge in [0.1, 0.15) is 6.10 Å². The van der Waals surface area contributed by atoms with Gasteiger partial charge in [0.05, 0.1) is 18.8 Å². The van der Waals surface area contributed by atoms with E-state index in [1.807, 2.05) is 0 Å². The minimum Gasteiger partial charge on any atom is -0.499 e. The second-order valence-corrected chi connectivity index (χ2v) is 4.28. The van der Waals surface area contributed by atoms with Gasteiger partial charge in [-0.2, -0.15) is 0 Å². The predicted octanol–water partition coefficient (Wildman–Crippen LogP) is 2.03. The van der Waals surface area contributed by atoms with E-state index in [0.717, 1.165) is 12.8 Å². The molecule has 1 rings (SSSR count). The van der Waals surface area contributed by atoms with Crippen molar-refractivity contribution in [3.05, 3.63) is 25.0 Å². The molecule has 0 saturated heterocycles. The molecule has 1 fully saturated rings. The summed E-state index contributed by atoms with van der Waals surface area (Å²) in [5.74, 6) is -1.70. The van der Waals surface area contributed by atoms with Crippen LogP contribution in [0.3, 0.4) is 0 Å². The van der Waals surface area contributed by atoms with Crippen LogP contribution in [0, 0.1) is 0 Å². The molecule has 0 aromatic rings. The molecule has 100 valence electrons. The van der Waals surface area contributed by atoms with Crippen molar-refractivity contribution in [3.8, 4) is 0 Å². The Morgan fingerprint density at radius 3 is 2.28 bits per heavy atom. The number of carboxylic acid groups (broad SMARTS) is 1. The molecule has 0 aromatic carbocycles. The maximum atomic E-state index is 11.5. The highest BCUT2D eigenvalue weighted by atomic mass is 16.5. The number of esters is 1. The topological polar surface area (TPSA) is 72.8 Å². The van der Waals surface area contributed by atoms with Crippen molar-refractivity contribution < 1.29 is 24.2 Å². The van der Waals surface area contributed by atoms with Crippen LogP contribution in [0.25, 0.3) is 0 Å². The molecule has 1 saturated carbocycles. The second kappa shape index (κ2) is 6.83. The van der Waals surface area contributed by atoms with Gasteiger partial charge in [-0.1, -0.05) is 13.2 Å². The minimum absolute atomic E-state index is 0.0213. The molecule has 0 amide bonds. The number of carbonyl (C=O) groups excluding carboxylic acids is 1.